The fraction of sp³-hybridized carbons (Fsp3) is 0.533. The molecule has 0 saturated carbocycles. The number of phenolic OH excluding ortho intramolecular Hbond substituents is 1. The highest BCUT2D eigenvalue weighted by atomic mass is 32.2. The van der Waals surface area contributed by atoms with Crippen LogP contribution in [-0.2, 0) is 16.4 Å². The van der Waals surface area contributed by atoms with Crippen LogP contribution in [0.15, 0.2) is 23.2 Å². The molecule has 1 rings (SSSR count). The minimum absolute atomic E-state index is 0.0465. The molecular weight excluding hydrogens is 318 g/mol. The zero-order valence-electron chi connectivity index (χ0n) is 14.0. The van der Waals surface area contributed by atoms with Crippen LogP contribution in [0, 0.1) is 0 Å². The smallest absolute Gasteiger partial charge is 0.191 e. The van der Waals surface area contributed by atoms with Crippen molar-refractivity contribution in [3.05, 3.63) is 23.8 Å². The number of guanidine groups is 1. The number of benzene rings is 1. The molecule has 130 valence electrons. The predicted octanol–water partition coefficient (Wildman–Crippen LogP) is 0.889. The Balaban J connectivity index is 2.57. The molecule has 0 aliphatic rings. The van der Waals surface area contributed by atoms with Gasteiger partial charge in [-0.25, -0.2) is 8.42 Å². The largest absolute Gasteiger partial charge is 0.508 e. The molecule has 1 unspecified atom stereocenters. The third kappa shape index (κ3) is 7.23. The van der Waals surface area contributed by atoms with Gasteiger partial charge in [0.05, 0.1) is 12.9 Å². The van der Waals surface area contributed by atoms with E-state index in [1.165, 1.54) is 6.26 Å². The Labute approximate surface area is 137 Å². The zero-order chi connectivity index (χ0) is 17.5. The minimum atomic E-state index is -2.98. The van der Waals surface area contributed by atoms with Gasteiger partial charge in [-0.3, -0.25) is 4.99 Å². The molecule has 0 aliphatic carbocycles. The summed E-state index contributed by atoms with van der Waals surface area (Å²) in [6, 6.07) is 4.94. The molecule has 0 radical (unpaired) electrons. The van der Waals surface area contributed by atoms with Crippen LogP contribution in [0.3, 0.4) is 0 Å². The van der Waals surface area contributed by atoms with Crippen molar-refractivity contribution >= 4 is 15.8 Å². The van der Waals surface area contributed by atoms with Crippen LogP contribution in [-0.4, -0.2) is 51.7 Å². The number of sulfone groups is 1. The molecule has 0 saturated heterocycles. The maximum absolute atomic E-state index is 11.2. The lowest BCUT2D eigenvalue weighted by atomic mass is 10.2. The topological polar surface area (TPSA) is 100 Å². The van der Waals surface area contributed by atoms with Gasteiger partial charge in [0.2, 0.25) is 0 Å². The van der Waals surface area contributed by atoms with Crippen LogP contribution in [0.25, 0.3) is 0 Å². The Morgan fingerprint density at radius 3 is 2.70 bits per heavy atom. The van der Waals surface area contributed by atoms with Gasteiger partial charge in [-0.1, -0.05) is 0 Å². The predicted molar refractivity (Wildman–Crippen MR) is 91.8 cm³/mol. The molecule has 0 heterocycles. The van der Waals surface area contributed by atoms with Gasteiger partial charge in [-0.2, -0.15) is 0 Å². The Hall–Kier alpha value is -1.96. The molecule has 7 nitrogen and oxygen atoms in total. The van der Waals surface area contributed by atoms with Crippen molar-refractivity contribution in [2.24, 2.45) is 4.99 Å². The van der Waals surface area contributed by atoms with Gasteiger partial charge in [0.25, 0.3) is 0 Å². The minimum Gasteiger partial charge on any atom is -0.508 e. The van der Waals surface area contributed by atoms with E-state index in [1.807, 2.05) is 6.92 Å². The Bertz CT molecular complexity index is 644. The molecule has 0 fully saturated rings. The first-order valence-electron chi connectivity index (χ1n) is 7.26. The summed E-state index contributed by atoms with van der Waals surface area (Å²) in [4.78, 5) is 4.09. The number of hydrogen-bond acceptors (Lipinski definition) is 5. The maximum Gasteiger partial charge on any atom is 0.191 e. The van der Waals surface area contributed by atoms with Crippen molar-refractivity contribution in [1.82, 2.24) is 10.6 Å². The summed E-state index contributed by atoms with van der Waals surface area (Å²) >= 11 is 0. The van der Waals surface area contributed by atoms with Crippen LogP contribution in [0.4, 0.5) is 0 Å². The monoisotopic (exact) mass is 343 g/mol. The third-order valence-corrected chi connectivity index (χ3v) is 4.24. The van der Waals surface area contributed by atoms with Crippen LogP contribution in [0.5, 0.6) is 11.5 Å². The lowest BCUT2D eigenvalue weighted by Crippen LogP contribution is -2.42. The van der Waals surface area contributed by atoms with E-state index in [0.29, 0.717) is 30.2 Å². The Morgan fingerprint density at radius 2 is 2.13 bits per heavy atom. The number of rotatable bonds is 7. The van der Waals surface area contributed by atoms with E-state index < -0.39 is 9.84 Å². The normalized spacial score (nSPS) is 13.5. The number of nitrogens with zero attached hydrogens (tertiary/aromatic N) is 1. The molecule has 0 bridgehead atoms. The van der Waals surface area contributed by atoms with E-state index >= 15 is 0 Å². The fourth-order valence-electron chi connectivity index (χ4n) is 1.90. The highest BCUT2D eigenvalue weighted by Gasteiger charge is 2.10. The summed E-state index contributed by atoms with van der Waals surface area (Å²) < 4.78 is 27.5. The molecule has 0 amide bonds. The van der Waals surface area contributed by atoms with E-state index in [-0.39, 0.29) is 17.5 Å². The first-order chi connectivity index (χ1) is 10.7. The highest BCUT2D eigenvalue weighted by molar-refractivity contribution is 7.90. The van der Waals surface area contributed by atoms with E-state index in [0.717, 1.165) is 0 Å². The first kappa shape index (κ1) is 19.1. The number of hydrogen-bond donors (Lipinski definition) is 3. The van der Waals surface area contributed by atoms with Crippen molar-refractivity contribution in [3.63, 3.8) is 0 Å². The lowest BCUT2D eigenvalue weighted by molar-refractivity contribution is 0.410. The van der Waals surface area contributed by atoms with Gasteiger partial charge in [-0.15, -0.1) is 0 Å². The number of ether oxygens (including phenoxy) is 1. The van der Waals surface area contributed by atoms with Crippen LogP contribution in [0.1, 0.15) is 18.9 Å². The molecule has 8 heteroatoms. The average Bonchev–Trinajstić information content (AvgIpc) is 2.50. The molecule has 1 aromatic rings. The molecule has 0 aromatic heterocycles. The highest BCUT2D eigenvalue weighted by Crippen LogP contribution is 2.22. The first-order valence-corrected chi connectivity index (χ1v) is 9.32. The SMILES string of the molecule is CN=C(NCc1cc(OC)ccc1O)NC(C)CCS(C)(=O)=O. The van der Waals surface area contributed by atoms with E-state index in [4.69, 9.17) is 4.74 Å². The fourth-order valence-corrected chi connectivity index (χ4v) is 2.68. The summed E-state index contributed by atoms with van der Waals surface area (Å²) in [7, 11) is 0.215. The molecule has 0 aliphatic heterocycles. The summed E-state index contributed by atoms with van der Waals surface area (Å²) in [5.74, 6) is 1.48. The average molecular weight is 343 g/mol. The quantitative estimate of drug-likeness (QED) is 0.502. The van der Waals surface area contributed by atoms with Gasteiger partial charge in [0.15, 0.2) is 5.96 Å². The van der Waals surface area contributed by atoms with Crippen LogP contribution >= 0.6 is 0 Å². The van der Waals surface area contributed by atoms with E-state index in [1.54, 1.807) is 32.4 Å². The standard InChI is InChI=1S/C15H25N3O4S/c1-11(7-8-23(4,20)21)18-15(16-2)17-10-12-9-13(22-3)5-6-14(12)19/h5-6,9,11,19H,7-8,10H2,1-4H3,(H2,16,17,18). The number of methoxy groups -OCH3 is 1. The van der Waals surface area contributed by atoms with Crippen molar-refractivity contribution in [3.8, 4) is 11.5 Å². The van der Waals surface area contributed by atoms with Crippen molar-refractivity contribution in [1.29, 1.82) is 0 Å². The lowest BCUT2D eigenvalue weighted by Gasteiger charge is -2.18. The Kier molecular flexibility index (Phi) is 7.15. The molecule has 1 atom stereocenters. The molecule has 23 heavy (non-hydrogen) atoms. The second-order valence-corrected chi connectivity index (χ2v) is 7.64. The third-order valence-electron chi connectivity index (χ3n) is 3.26. The van der Waals surface area contributed by atoms with Gasteiger partial charge < -0.3 is 20.5 Å². The molecule has 3 N–H and O–H groups in total. The van der Waals surface area contributed by atoms with E-state index in [2.05, 4.69) is 15.6 Å². The van der Waals surface area contributed by atoms with Gasteiger partial charge in [0.1, 0.15) is 21.3 Å². The summed E-state index contributed by atoms with van der Waals surface area (Å²) in [5.41, 5.74) is 0.677. The number of nitrogens with one attached hydrogen (secondary N) is 2. The van der Waals surface area contributed by atoms with Crippen LogP contribution < -0.4 is 15.4 Å². The van der Waals surface area contributed by atoms with Crippen molar-refractivity contribution in [2.45, 2.75) is 25.9 Å². The molecule has 1 aromatic carbocycles. The Morgan fingerprint density at radius 1 is 1.43 bits per heavy atom. The van der Waals surface area contributed by atoms with E-state index in [9.17, 15) is 13.5 Å². The van der Waals surface area contributed by atoms with Gasteiger partial charge in [0, 0.05) is 31.5 Å². The number of aromatic hydroxyl groups is 1. The summed E-state index contributed by atoms with van der Waals surface area (Å²) in [6.45, 7) is 2.25. The van der Waals surface area contributed by atoms with Gasteiger partial charge in [-0.05, 0) is 31.5 Å². The molecule has 0 spiro atoms. The molecular formula is C15H25N3O4S. The number of aliphatic imine (C=N–C) groups is 1. The summed E-state index contributed by atoms with van der Waals surface area (Å²) in [5, 5.41) is 16.0. The van der Waals surface area contributed by atoms with Gasteiger partial charge >= 0.3 is 0 Å². The number of phenols is 1. The second-order valence-electron chi connectivity index (χ2n) is 5.38. The summed E-state index contributed by atoms with van der Waals surface area (Å²) in [6.07, 6.45) is 1.71. The van der Waals surface area contributed by atoms with Crippen molar-refractivity contribution in [2.75, 3.05) is 26.2 Å². The maximum atomic E-state index is 11.2. The zero-order valence-corrected chi connectivity index (χ0v) is 14.8. The van der Waals surface area contributed by atoms with Crippen LogP contribution in [0.2, 0.25) is 0 Å². The second kappa shape index (κ2) is 8.61. The van der Waals surface area contributed by atoms with Crippen molar-refractivity contribution < 1.29 is 18.3 Å².